The van der Waals surface area contributed by atoms with Gasteiger partial charge in [0.2, 0.25) is 0 Å². The topological polar surface area (TPSA) is 41.6 Å². The van der Waals surface area contributed by atoms with Gasteiger partial charge < -0.3 is 10.1 Å². The van der Waals surface area contributed by atoms with Crippen molar-refractivity contribution in [3.63, 3.8) is 0 Å². The van der Waals surface area contributed by atoms with Crippen molar-refractivity contribution in [2.24, 2.45) is 0 Å². The second-order valence-electron chi connectivity index (χ2n) is 6.39. The number of hydrogen-bond donors (Lipinski definition) is 1. The Kier molecular flexibility index (Phi) is 5.59. The number of hydrogen-bond acceptors (Lipinski definition) is 3. The molecule has 0 aromatic heterocycles. The predicted octanol–water partition coefficient (Wildman–Crippen LogP) is 6.22. The van der Waals surface area contributed by atoms with Gasteiger partial charge in [0.05, 0.1) is 17.9 Å². The number of nitrogens with zero attached hydrogens (tertiary/aromatic N) is 1. The van der Waals surface area contributed by atoms with Gasteiger partial charge in [-0.25, -0.2) is 0 Å². The second kappa shape index (κ2) is 8.13. The van der Waals surface area contributed by atoms with E-state index in [0.717, 1.165) is 30.7 Å². The molecule has 1 N–H and O–H groups in total. The zero-order chi connectivity index (χ0) is 19.7. The summed E-state index contributed by atoms with van der Waals surface area (Å²) >= 11 is 5.76. The highest BCUT2D eigenvalue weighted by Crippen LogP contribution is 2.38. The fraction of sp³-hybridized carbons (Fsp3) is 0.136. The largest absolute Gasteiger partial charge is 0.494 e. The molecule has 1 amide bonds. The van der Waals surface area contributed by atoms with Crippen LogP contribution in [0.2, 0.25) is 0 Å². The molecule has 0 radical (unpaired) electrons. The average Bonchev–Trinajstić information content (AvgIpc) is 2.69. The van der Waals surface area contributed by atoms with Crippen molar-refractivity contribution in [2.45, 2.75) is 13.1 Å². The lowest BCUT2D eigenvalue weighted by atomic mass is 10.0. The summed E-state index contributed by atoms with van der Waals surface area (Å²) in [7, 11) is 0. The first kappa shape index (κ1) is 19.3. The van der Waals surface area contributed by atoms with Crippen LogP contribution in [0.5, 0.6) is 5.75 Å². The molecule has 0 aliphatic carbocycles. The Hall–Kier alpha value is -2.06. The van der Waals surface area contributed by atoms with E-state index in [9.17, 15) is 4.79 Å². The number of carbonyl (C=O) groups is 1. The molecule has 0 spiro atoms. The summed E-state index contributed by atoms with van der Waals surface area (Å²) < 4.78 is 7.67. The monoisotopic (exact) mass is 548 g/mol. The van der Waals surface area contributed by atoms with Crippen molar-refractivity contribution in [3.05, 3.63) is 85.9 Å². The maximum atomic E-state index is 13.5. The molecule has 1 atom stereocenters. The van der Waals surface area contributed by atoms with Crippen molar-refractivity contribution < 1.29 is 9.53 Å². The lowest BCUT2D eigenvalue weighted by molar-refractivity contribution is 0.0975. The molecule has 1 unspecified atom stereocenters. The van der Waals surface area contributed by atoms with E-state index < -0.39 is 0 Å². The Balaban J connectivity index is 1.84. The highest BCUT2D eigenvalue weighted by Gasteiger charge is 2.34. The van der Waals surface area contributed by atoms with Gasteiger partial charge in [-0.2, -0.15) is 0 Å². The summed E-state index contributed by atoms with van der Waals surface area (Å²) in [6.07, 6.45) is -0.310. The fourth-order valence-corrected chi connectivity index (χ4v) is 4.03. The van der Waals surface area contributed by atoms with E-state index in [1.807, 2.05) is 61.5 Å². The zero-order valence-corrected chi connectivity index (χ0v) is 18.9. The molecule has 142 valence electrons. The minimum absolute atomic E-state index is 0.0488. The van der Waals surface area contributed by atoms with Crippen LogP contribution in [0.15, 0.2) is 71.2 Å². The van der Waals surface area contributed by atoms with E-state index >= 15 is 0 Å². The second-order valence-corrected chi connectivity index (χ2v) is 8.56. The number of anilines is 2. The Morgan fingerprint density at radius 3 is 2.64 bits per heavy atom. The van der Waals surface area contributed by atoms with Gasteiger partial charge in [-0.15, -0.1) is 0 Å². The number of ether oxygens (including phenoxy) is 1. The third-order valence-corrected chi connectivity index (χ3v) is 5.79. The summed E-state index contributed by atoms with van der Waals surface area (Å²) in [5.41, 5.74) is 3.27. The summed E-state index contributed by atoms with van der Waals surface area (Å²) in [6, 6.07) is 21.6. The van der Waals surface area contributed by atoms with Crippen LogP contribution in [-0.2, 0) is 0 Å². The van der Waals surface area contributed by atoms with Crippen LogP contribution in [0.1, 0.15) is 29.0 Å². The Morgan fingerprint density at radius 1 is 1.11 bits per heavy atom. The van der Waals surface area contributed by atoms with Crippen LogP contribution >= 0.6 is 38.5 Å². The van der Waals surface area contributed by atoms with Gasteiger partial charge in [-0.05, 0) is 77.5 Å². The maximum absolute atomic E-state index is 13.5. The van der Waals surface area contributed by atoms with Crippen LogP contribution in [0.3, 0.4) is 0 Å². The average molecular weight is 549 g/mol. The van der Waals surface area contributed by atoms with Gasteiger partial charge in [-0.3, -0.25) is 9.69 Å². The van der Waals surface area contributed by atoms with Crippen molar-refractivity contribution in [1.82, 2.24) is 0 Å². The number of halogens is 2. The molecule has 1 aliphatic rings. The van der Waals surface area contributed by atoms with E-state index in [-0.39, 0.29) is 12.1 Å². The molecule has 0 saturated carbocycles. The van der Waals surface area contributed by atoms with Crippen molar-refractivity contribution >= 4 is 55.8 Å². The molecule has 6 heteroatoms. The lowest BCUT2D eigenvalue weighted by Gasteiger charge is -2.38. The van der Waals surface area contributed by atoms with Gasteiger partial charge >= 0.3 is 0 Å². The van der Waals surface area contributed by atoms with Crippen LogP contribution in [0.25, 0.3) is 0 Å². The first-order valence-electron chi connectivity index (χ1n) is 8.95. The lowest BCUT2D eigenvalue weighted by Crippen LogP contribution is -2.43. The molecule has 1 aliphatic heterocycles. The Bertz CT molecular complexity index is 1020. The van der Waals surface area contributed by atoms with E-state index in [0.29, 0.717) is 12.2 Å². The first-order valence-corrected chi connectivity index (χ1v) is 10.8. The molecule has 4 nitrogen and oxygen atoms in total. The molecule has 0 fully saturated rings. The number of nitrogens with one attached hydrogen (secondary N) is 1. The number of benzene rings is 3. The molecule has 4 rings (SSSR count). The van der Waals surface area contributed by atoms with Crippen LogP contribution in [-0.4, -0.2) is 12.5 Å². The minimum Gasteiger partial charge on any atom is -0.494 e. The Labute approximate surface area is 186 Å². The van der Waals surface area contributed by atoms with Gasteiger partial charge in [0.25, 0.3) is 5.91 Å². The number of carbonyl (C=O) groups excluding carboxylic acids is 1. The third-order valence-electron chi connectivity index (χ3n) is 4.57. The summed E-state index contributed by atoms with van der Waals surface area (Å²) in [6.45, 7) is 2.52. The van der Waals surface area contributed by atoms with E-state index in [4.69, 9.17) is 4.74 Å². The highest BCUT2D eigenvalue weighted by atomic mass is 127. The van der Waals surface area contributed by atoms with Gasteiger partial charge in [0.15, 0.2) is 0 Å². The molecule has 3 aromatic carbocycles. The third kappa shape index (κ3) is 3.75. The van der Waals surface area contributed by atoms with Gasteiger partial charge in [0.1, 0.15) is 11.9 Å². The van der Waals surface area contributed by atoms with E-state index in [2.05, 4.69) is 56.0 Å². The molecular formula is C22H18BrIN2O2. The summed E-state index contributed by atoms with van der Waals surface area (Å²) in [5.74, 6) is 0.696. The Morgan fingerprint density at radius 2 is 1.89 bits per heavy atom. The highest BCUT2D eigenvalue weighted by molar-refractivity contribution is 14.1. The SMILES string of the molecule is CCOc1cccc(N2C(=O)c3cc(Br)ccc3NC2c2ccc(I)cc2)c1. The maximum Gasteiger partial charge on any atom is 0.262 e. The molecule has 0 bridgehead atoms. The van der Waals surface area contributed by atoms with Gasteiger partial charge in [0, 0.05) is 19.8 Å². The van der Waals surface area contributed by atoms with E-state index in [1.165, 1.54) is 0 Å². The molecule has 3 aromatic rings. The van der Waals surface area contributed by atoms with Crippen molar-refractivity contribution in [1.29, 1.82) is 0 Å². The molecule has 1 heterocycles. The van der Waals surface area contributed by atoms with Crippen molar-refractivity contribution in [2.75, 3.05) is 16.8 Å². The van der Waals surface area contributed by atoms with Gasteiger partial charge in [-0.1, -0.05) is 34.1 Å². The van der Waals surface area contributed by atoms with Crippen LogP contribution < -0.4 is 15.0 Å². The summed E-state index contributed by atoms with van der Waals surface area (Å²) in [4.78, 5) is 15.3. The predicted molar refractivity (Wildman–Crippen MR) is 124 cm³/mol. The van der Waals surface area contributed by atoms with E-state index in [1.54, 1.807) is 4.90 Å². The molecule has 28 heavy (non-hydrogen) atoms. The van der Waals surface area contributed by atoms with Crippen molar-refractivity contribution in [3.8, 4) is 5.75 Å². The summed E-state index contributed by atoms with van der Waals surface area (Å²) in [5, 5.41) is 3.53. The van der Waals surface area contributed by atoms with Crippen LogP contribution in [0.4, 0.5) is 11.4 Å². The first-order chi connectivity index (χ1) is 13.6. The van der Waals surface area contributed by atoms with Crippen LogP contribution in [0, 0.1) is 3.57 Å². The standard InChI is InChI=1S/C22H18BrIN2O2/c1-2-28-18-5-3-4-17(13-18)26-21(14-6-9-16(24)10-7-14)25-20-11-8-15(23)12-19(20)22(26)27/h3-13,21,25H,2H2,1H3. The molecular weight excluding hydrogens is 531 g/mol. The molecule has 0 saturated heterocycles. The fourth-order valence-electron chi connectivity index (χ4n) is 3.31. The zero-order valence-electron chi connectivity index (χ0n) is 15.2. The smallest absolute Gasteiger partial charge is 0.262 e. The number of rotatable bonds is 4. The number of fused-ring (bicyclic) bond motifs is 1. The quantitative estimate of drug-likeness (QED) is 0.393. The number of amides is 1. The normalized spacial score (nSPS) is 15.8. The minimum atomic E-state index is -0.310.